The Balaban J connectivity index is 1.81. The van der Waals surface area contributed by atoms with Gasteiger partial charge in [0.2, 0.25) is 5.95 Å². The number of aryl methyl sites for hydroxylation is 1. The lowest BCUT2D eigenvalue weighted by molar-refractivity contribution is 0.0741. The molecular weight excluding hydrogens is 340 g/mol. The van der Waals surface area contributed by atoms with E-state index in [0.29, 0.717) is 18.1 Å². The van der Waals surface area contributed by atoms with Gasteiger partial charge in [0.15, 0.2) is 9.84 Å². The maximum atomic E-state index is 12.7. The van der Waals surface area contributed by atoms with Crippen LogP contribution in [0.2, 0.25) is 0 Å². The number of rotatable bonds is 4. The van der Waals surface area contributed by atoms with Gasteiger partial charge in [-0.05, 0) is 31.5 Å². The molecule has 0 spiro atoms. The molecule has 1 aromatic heterocycles. The van der Waals surface area contributed by atoms with Gasteiger partial charge in [0, 0.05) is 24.5 Å². The molecule has 1 fully saturated rings. The summed E-state index contributed by atoms with van der Waals surface area (Å²) in [7, 11) is -1.43. The van der Waals surface area contributed by atoms with Crippen molar-refractivity contribution in [3.63, 3.8) is 0 Å². The number of benzene rings is 1. The van der Waals surface area contributed by atoms with Gasteiger partial charge in [0.05, 0.1) is 11.5 Å². The molecule has 0 aliphatic carbocycles. The minimum absolute atomic E-state index is 0.00836. The smallest absolute Gasteiger partial charge is 0.272 e. The number of anilines is 2. The van der Waals surface area contributed by atoms with Crippen LogP contribution in [0.1, 0.15) is 22.6 Å². The molecule has 1 unspecified atom stereocenters. The van der Waals surface area contributed by atoms with E-state index in [9.17, 15) is 13.2 Å². The Bertz CT molecular complexity index is 884. The molecule has 0 radical (unpaired) electrons. The lowest BCUT2D eigenvalue weighted by Crippen LogP contribution is -2.38. The molecule has 1 aromatic carbocycles. The first-order valence-electron chi connectivity index (χ1n) is 7.99. The van der Waals surface area contributed by atoms with E-state index in [1.54, 1.807) is 20.0 Å². The Morgan fingerprint density at radius 3 is 2.60 bits per heavy atom. The van der Waals surface area contributed by atoms with Gasteiger partial charge in [-0.15, -0.1) is 0 Å². The van der Waals surface area contributed by atoms with Gasteiger partial charge in [-0.1, -0.05) is 18.2 Å². The van der Waals surface area contributed by atoms with Crippen LogP contribution in [0.4, 0.5) is 11.6 Å². The topological polar surface area (TPSA) is 92.3 Å². The molecule has 1 amide bonds. The monoisotopic (exact) mass is 360 g/mol. The summed E-state index contributed by atoms with van der Waals surface area (Å²) in [6, 6.07) is 10.7. The van der Waals surface area contributed by atoms with Crippen molar-refractivity contribution in [2.24, 2.45) is 0 Å². The van der Waals surface area contributed by atoms with Crippen LogP contribution < -0.4 is 5.32 Å². The first kappa shape index (κ1) is 17.3. The Hall–Kier alpha value is -2.48. The molecule has 1 aliphatic rings. The lowest BCUT2D eigenvalue weighted by atomic mass is 10.2. The molecule has 0 saturated carbocycles. The average Bonchev–Trinajstić information content (AvgIpc) is 2.94. The summed E-state index contributed by atoms with van der Waals surface area (Å²) in [6.07, 6.45) is 0.462. The molecule has 7 nitrogen and oxygen atoms in total. The van der Waals surface area contributed by atoms with Crippen molar-refractivity contribution >= 4 is 27.4 Å². The van der Waals surface area contributed by atoms with Crippen molar-refractivity contribution in [2.75, 3.05) is 23.9 Å². The zero-order chi connectivity index (χ0) is 18.0. The third kappa shape index (κ3) is 4.14. The van der Waals surface area contributed by atoms with Crippen molar-refractivity contribution in [1.29, 1.82) is 0 Å². The predicted molar refractivity (Wildman–Crippen MR) is 95.6 cm³/mol. The Labute approximate surface area is 147 Å². The van der Waals surface area contributed by atoms with E-state index in [1.165, 1.54) is 4.90 Å². The number of sulfone groups is 1. The summed E-state index contributed by atoms with van der Waals surface area (Å²) in [6.45, 7) is 1.79. The minimum Gasteiger partial charge on any atom is -0.336 e. The van der Waals surface area contributed by atoms with Crippen molar-refractivity contribution in [3.8, 4) is 0 Å². The van der Waals surface area contributed by atoms with Crippen molar-refractivity contribution in [2.45, 2.75) is 19.4 Å². The zero-order valence-corrected chi connectivity index (χ0v) is 15.0. The molecule has 1 N–H and O–H groups in total. The quantitative estimate of drug-likeness (QED) is 0.894. The maximum absolute atomic E-state index is 12.7. The van der Waals surface area contributed by atoms with Gasteiger partial charge >= 0.3 is 0 Å². The minimum atomic E-state index is -3.05. The second kappa shape index (κ2) is 6.79. The summed E-state index contributed by atoms with van der Waals surface area (Å²) in [5.74, 6) is 0.165. The van der Waals surface area contributed by atoms with Crippen LogP contribution >= 0.6 is 0 Å². The van der Waals surface area contributed by atoms with Gasteiger partial charge in [-0.2, -0.15) is 0 Å². The van der Waals surface area contributed by atoms with Crippen LogP contribution in [0.15, 0.2) is 36.4 Å². The van der Waals surface area contributed by atoms with Crippen LogP contribution in [0, 0.1) is 6.92 Å². The second-order valence-corrected chi connectivity index (χ2v) is 8.41. The molecule has 1 saturated heterocycles. The van der Waals surface area contributed by atoms with E-state index in [1.807, 2.05) is 30.3 Å². The van der Waals surface area contributed by atoms with Crippen molar-refractivity contribution in [3.05, 3.63) is 47.8 Å². The Morgan fingerprint density at radius 2 is 1.96 bits per heavy atom. The highest BCUT2D eigenvalue weighted by Gasteiger charge is 2.33. The van der Waals surface area contributed by atoms with E-state index in [-0.39, 0.29) is 29.1 Å². The SMILES string of the molecule is Cc1cc(C(=O)N(C)C2CCS(=O)(=O)C2)nc(Nc2ccccc2)n1. The number of hydrogen-bond acceptors (Lipinski definition) is 6. The second-order valence-electron chi connectivity index (χ2n) is 6.18. The molecule has 2 heterocycles. The molecule has 0 bridgehead atoms. The third-order valence-corrected chi connectivity index (χ3v) is 5.93. The number of hydrogen-bond donors (Lipinski definition) is 1. The molecule has 1 atom stereocenters. The largest absolute Gasteiger partial charge is 0.336 e. The van der Waals surface area contributed by atoms with E-state index in [2.05, 4.69) is 15.3 Å². The molecule has 25 heavy (non-hydrogen) atoms. The summed E-state index contributed by atoms with van der Waals surface area (Å²) in [5, 5.41) is 3.07. The lowest BCUT2D eigenvalue weighted by Gasteiger charge is -2.23. The first-order chi connectivity index (χ1) is 11.8. The number of aromatic nitrogens is 2. The summed E-state index contributed by atoms with van der Waals surface area (Å²) in [4.78, 5) is 22.8. The molecule has 1 aliphatic heterocycles. The highest BCUT2D eigenvalue weighted by Crippen LogP contribution is 2.19. The number of nitrogens with zero attached hydrogens (tertiary/aromatic N) is 3. The van der Waals surface area contributed by atoms with E-state index < -0.39 is 9.84 Å². The molecular formula is C17H20N4O3S. The van der Waals surface area contributed by atoms with Gasteiger partial charge in [-0.25, -0.2) is 18.4 Å². The number of amides is 1. The van der Waals surface area contributed by atoms with Crippen LogP contribution in [-0.4, -0.2) is 53.8 Å². The highest BCUT2D eigenvalue weighted by molar-refractivity contribution is 7.91. The molecule has 132 valence electrons. The maximum Gasteiger partial charge on any atom is 0.272 e. The van der Waals surface area contributed by atoms with Crippen LogP contribution in [0.5, 0.6) is 0 Å². The van der Waals surface area contributed by atoms with Crippen molar-refractivity contribution in [1.82, 2.24) is 14.9 Å². The van der Waals surface area contributed by atoms with Gasteiger partial charge in [0.25, 0.3) is 5.91 Å². The van der Waals surface area contributed by atoms with E-state index >= 15 is 0 Å². The van der Waals surface area contributed by atoms with Gasteiger partial charge < -0.3 is 10.2 Å². The first-order valence-corrected chi connectivity index (χ1v) is 9.81. The van der Waals surface area contributed by atoms with Gasteiger partial charge in [-0.3, -0.25) is 4.79 Å². The summed E-state index contributed by atoms with van der Waals surface area (Å²) in [5.41, 5.74) is 1.73. The number of carbonyl (C=O) groups is 1. The average molecular weight is 360 g/mol. The highest BCUT2D eigenvalue weighted by atomic mass is 32.2. The van der Waals surface area contributed by atoms with Gasteiger partial charge in [0.1, 0.15) is 5.69 Å². The van der Waals surface area contributed by atoms with Crippen molar-refractivity contribution < 1.29 is 13.2 Å². The Kier molecular flexibility index (Phi) is 4.71. The summed E-state index contributed by atoms with van der Waals surface area (Å²) < 4.78 is 23.3. The summed E-state index contributed by atoms with van der Waals surface area (Å²) >= 11 is 0. The van der Waals surface area contributed by atoms with Crippen LogP contribution in [0.3, 0.4) is 0 Å². The molecule has 8 heteroatoms. The third-order valence-electron chi connectivity index (χ3n) is 4.18. The number of para-hydroxylation sites is 1. The predicted octanol–water partition coefficient (Wildman–Crippen LogP) is 1.79. The van der Waals surface area contributed by atoms with Crippen LogP contribution in [0.25, 0.3) is 0 Å². The zero-order valence-electron chi connectivity index (χ0n) is 14.1. The van der Waals surface area contributed by atoms with E-state index in [4.69, 9.17) is 0 Å². The number of nitrogens with one attached hydrogen (secondary N) is 1. The van der Waals surface area contributed by atoms with Crippen LogP contribution in [-0.2, 0) is 9.84 Å². The fourth-order valence-corrected chi connectivity index (χ4v) is 4.59. The van der Waals surface area contributed by atoms with E-state index in [0.717, 1.165) is 5.69 Å². The fourth-order valence-electron chi connectivity index (χ4n) is 2.81. The molecule has 3 rings (SSSR count). The molecule has 2 aromatic rings. The Morgan fingerprint density at radius 1 is 1.24 bits per heavy atom. The normalized spacial score (nSPS) is 18.7. The fraction of sp³-hybridized carbons (Fsp3) is 0.353. The number of carbonyl (C=O) groups excluding carboxylic acids is 1. The standard InChI is InChI=1S/C17H20N4O3S/c1-12-10-15(16(22)21(2)14-8-9-25(23,24)11-14)20-17(18-12)19-13-6-4-3-5-7-13/h3-7,10,14H,8-9,11H2,1-2H3,(H,18,19,20).